The maximum Gasteiger partial charge on any atom is 0.274 e. The Balaban J connectivity index is 1.69. The van der Waals surface area contributed by atoms with Crippen molar-refractivity contribution in [3.05, 3.63) is 87.9 Å². The number of carbonyl (C=O) groups excluding carboxylic acids is 1. The van der Waals surface area contributed by atoms with Crippen LogP contribution in [0.2, 0.25) is 0 Å². The summed E-state index contributed by atoms with van der Waals surface area (Å²) in [6.45, 7) is 0. The van der Waals surface area contributed by atoms with Crippen LogP contribution in [0.1, 0.15) is 33.9 Å². The Morgan fingerprint density at radius 2 is 1.97 bits per heavy atom. The molecule has 0 saturated carbocycles. The summed E-state index contributed by atoms with van der Waals surface area (Å²) in [6, 6.07) is 13.9. The van der Waals surface area contributed by atoms with Gasteiger partial charge < -0.3 is 0 Å². The predicted molar refractivity (Wildman–Crippen MR) is 116 cm³/mol. The standard InChI is InChI=1S/C21H18FN3O3S2/c1-30(27,28)24-18-4-2-3-15(11-18)19-12-20(16-9-10-29-13-16)25(23-19)21(26)14-5-7-17(22)8-6-14/h2-11,13,20,24H,12H2,1H3/t20-/m0/s1. The third-order valence-electron chi connectivity index (χ3n) is 4.64. The molecule has 4 rings (SSSR count). The summed E-state index contributed by atoms with van der Waals surface area (Å²) in [4.78, 5) is 13.1. The highest BCUT2D eigenvalue weighted by Crippen LogP contribution is 2.35. The van der Waals surface area contributed by atoms with Gasteiger partial charge >= 0.3 is 0 Å². The van der Waals surface area contributed by atoms with E-state index in [0.717, 1.165) is 17.4 Å². The summed E-state index contributed by atoms with van der Waals surface area (Å²) in [5.74, 6) is -0.742. The SMILES string of the molecule is CS(=O)(=O)Nc1cccc(C2=NN(C(=O)c3ccc(F)cc3)[C@H](c3ccsc3)C2)c1. The van der Waals surface area contributed by atoms with Crippen molar-refractivity contribution >= 4 is 38.7 Å². The number of sulfonamides is 1. The number of hydrogen-bond acceptors (Lipinski definition) is 5. The number of benzene rings is 2. The van der Waals surface area contributed by atoms with Crippen molar-refractivity contribution in [3.63, 3.8) is 0 Å². The van der Waals surface area contributed by atoms with Crippen molar-refractivity contribution in [1.82, 2.24) is 5.01 Å². The molecule has 0 radical (unpaired) electrons. The molecule has 0 saturated heterocycles. The van der Waals surface area contributed by atoms with E-state index in [9.17, 15) is 17.6 Å². The quantitative estimate of drug-likeness (QED) is 0.640. The highest BCUT2D eigenvalue weighted by Gasteiger charge is 2.34. The number of carbonyl (C=O) groups is 1. The van der Waals surface area contributed by atoms with E-state index < -0.39 is 15.8 Å². The van der Waals surface area contributed by atoms with Crippen molar-refractivity contribution < 1.29 is 17.6 Å². The summed E-state index contributed by atoms with van der Waals surface area (Å²) in [5, 5.41) is 9.89. The lowest BCUT2D eigenvalue weighted by atomic mass is 10.00. The maximum absolute atomic E-state index is 13.3. The average molecular weight is 444 g/mol. The van der Waals surface area contributed by atoms with Crippen LogP contribution in [0.15, 0.2) is 70.5 Å². The molecular weight excluding hydrogens is 425 g/mol. The second-order valence-electron chi connectivity index (χ2n) is 6.93. The first-order valence-electron chi connectivity index (χ1n) is 9.07. The van der Waals surface area contributed by atoms with Gasteiger partial charge in [0.05, 0.1) is 18.0 Å². The molecule has 2 aromatic carbocycles. The highest BCUT2D eigenvalue weighted by molar-refractivity contribution is 7.92. The van der Waals surface area contributed by atoms with Crippen LogP contribution in [0.3, 0.4) is 0 Å². The van der Waals surface area contributed by atoms with Gasteiger partial charge in [-0.3, -0.25) is 9.52 Å². The molecule has 1 N–H and O–H groups in total. The summed E-state index contributed by atoms with van der Waals surface area (Å²) >= 11 is 1.53. The van der Waals surface area contributed by atoms with Crippen LogP contribution in [0.25, 0.3) is 0 Å². The number of hydrogen-bond donors (Lipinski definition) is 1. The first-order valence-corrected chi connectivity index (χ1v) is 11.9. The fraction of sp³-hybridized carbons (Fsp3) is 0.143. The molecule has 9 heteroatoms. The van der Waals surface area contributed by atoms with Gasteiger partial charge in [0.2, 0.25) is 10.0 Å². The van der Waals surface area contributed by atoms with Crippen LogP contribution < -0.4 is 4.72 Å². The van der Waals surface area contributed by atoms with Crippen LogP contribution in [0.5, 0.6) is 0 Å². The van der Waals surface area contributed by atoms with Crippen LogP contribution in [-0.2, 0) is 10.0 Å². The van der Waals surface area contributed by atoms with Crippen molar-refractivity contribution in [2.45, 2.75) is 12.5 Å². The van der Waals surface area contributed by atoms with Gasteiger partial charge in [0, 0.05) is 17.7 Å². The molecule has 154 valence electrons. The maximum atomic E-state index is 13.3. The molecular formula is C21H18FN3O3S2. The van der Waals surface area contributed by atoms with E-state index in [1.807, 2.05) is 22.9 Å². The van der Waals surface area contributed by atoms with Crippen LogP contribution in [0, 0.1) is 5.82 Å². The van der Waals surface area contributed by atoms with Gasteiger partial charge in [-0.1, -0.05) is 12.1 Å². The number of anilines is 1. The number of amides is 1. The van der Waals surface area contributed by atoms with Gasteiger partial charge in [-0.05, 0) is 64.4 Å². The Kier molecular flexibility index (Phi) is 5.40. The second-order valence-corrected chi connectivity index (χ2v) is 9.46. The minimum Gasteiger partial charge on any atom is -0.284 e. The molecule has 1 aliphatic heterocycles. The van der Waals surface area contributed by atoms with Gasteiger partial charge in [-0.25, -0.2) is 17.8 Å². The number of rotatable bonds is 5. The van der Waals surface area contributed by atoms with Crippen molar-refractivity contribution in [1.29, 1.82) is 0 Å². The summed E-state index contributed by atoms with van der Waals surface area (Å²) in [6.07, 6.45) is 1.56. The first kappa shape index (κ1) is 20.2. The molecule has 1 atom stereocenters. The second kappa shape index (κ2) is 8.00. The van der Waals surface area contributed by atoms with Gasteiger partial charge in [0.1, 0.15) is 5.82 Å². The summed E-state index contributed by atoms with van der Waals surface area (Å²) < 4.78 is 38.8. The third-order valence-corrected chi connectivity index (χ3v) is 5.94. The van der Waals surface area contributed by atoms with Crippen molar-refractivity contribution in [2.24, 2.45) is 5.10 Å². The number of halogens is 1. The lowest BCUT2D eigenvalue weighted by molar-refractivity contribution is 0.0711. The normalized spacial score (nSPS) is 16.4. The highest BCUT2D eigenvalue weighted by atomic mass is 32.2. The molecule has 1 amide bonds. The van der Waals surface area contributed by atoms with Crippen LogP contribution >= 0.6 is 11.3 Å². The van der Waals surface area contributed by atoms with Gasteiger partial charge in [-0.2, -0.15) is 16.4 Å². The van der Waals surface area contributed by atoms with Gasteiger partial charge in [0.25, 0.3) is 5.91 Å². The van der Waals surface area contributed by atoms with E-state index in [1.54, 1.807) is 18.2 Å². The number of nitrogens with zero attached hydrogens (tertiary/aromatic N) is 2. The molecule has 2 heterocycles. The largest absolute Gasteiger partial charge is 0.284 e. The van der Waals surface area contributed by atoms with Gasteiger partial charge in [-0.15, -0.1) is 0 Å². The zero-order chi connectivity index (χ0) is 21.3. The van der Waals surface area contributed by atoms with E-state index in [2.05, 4.69) is 9.82 Å². The average Bonchev–Trinajstić information content (AvgIpc) is 3.37. The molecule has 0 spiro atoms. The van der Waals surface area contributed by atoms with Crippen LogP contribution in [0.4, 0.5) is 10.1 Å². The molecule has 0 fully saturated rings. The van der Waals surface area contributed by atoms with E-state index >= 15 is 0 Å². The van der Waals surface area contributed by atoms with Gasteiger partial charge in [0.15, 0.2) is 0 Å². The summed E-state index contributed by atoms with van der Waals surface area (Å²) in [7, 11) is -3.41. The Morgan fingerprint density at radius 1 is 1.20 bits per heavy atom. The van der Waals surface area contributed by atoms with Crippen molar-refractivity contribution in [3.8, 4) is 0 Å². The zero-order valence-corrected chi connectivity index (χ0v) is 17.6. The monoisotopic (exact) mass is 443 g/mol. The number of nitrogens with one attached hydrogen (secondary N) is 1. The Bertz CT molecular complexity index is 1210. The zero-order valence-electron chi connectivity index (χ0n) is 15.9. The van der Waals surface area contributed by atoms with E-state index in [4.69, 9.17) is 0 Å². The van der Waals surface area contributed by atoms with E-state index in [1.165, 1.54) is 40.6 Å². The fourth-order valence-corrected chi connectivity index (χ4v) is 4.56. The third kappa shape index (κ3) is 4.42. The number of thiophene rings is 1. The molecule has 0 unspecified atom stereocenters. The lowest BCUT2D eigenvalue weighted by Gasteiger charge is -2.21. The Hall–Kier alpha value is -3.04. The van der Waals surface area contributed by atoms with E-state index in [-0.39, 0.29) is 11.9 Å². The Morgan fingerprint density at radius 3 is 2.63 bits per heavy atom. The summed E-state index contributed by atoms with van der Waals surface area (Å²) in [5.41, 5.74) is 3.11. The van der Waals surface area contributed by atoms with E-state index in [0.29, 0.717) is 23.4 Å². The minimum atomic E-state index is -3.41. The molecule has 0 bridgehead atoms. The molecule has 0 aliphatic carbocycles. The smallest absolute Gasteiger partial charge is 0.274 e. The first-order chi connectivity index (χ1) is 14.3. The molecule has 3 aromatic rings. The topological polar surface area (TPSA) is 78.8 Å². The fourth-order valence-electron chi connectivity index (χ4n) is 3.30. The van der Waals surface area contributed by atoms with Crippen LogP contribution in [-0.4, -0.2) is 31.3 Å². The molecule has 1 aromatic heterocycles. The van der Waals surface area contributed by atoms with Crippen molar-refractivity contribution in [2.75, 3.05) is 11.0 Å². The molecule has 6 nitrogen and oxygen atoms in total. The predicted octanol–water partition coefficient (Wildman–Crippen LogP) is 4.25. The molecule has 30 heavy (non-hydrogen) atoms. The minimum absolute atomic E-state index is 0.296. The lowest BCUT2D eigenvalue weighted by Crippen LogP contribution is -2.26. The Labute approximate surface area is 177 Å². The number of hydrazone groups is 1. The molecule has 1 aliphatic rings.